The van der Waals surface area contributed by atoms with Crippen LogP contribution in [0.4, 0.5) is 11.4 Å². The van der Waals surface area contributed by atoms with E-state index in [1.807, 2.05) is 37.0 Å². The molecule has 1 saturated heterocycles. The summed E-state index contributed by atoms with van der Waals surface area (Å²) in [7, 11) is 5.71. The molecule has 0 unspecified atom stereocenters. The highest BCUT2D eigenvalue weighted by atomic mass is 16.3. The number of nitrogens with two attached hydrogens (primary N) is 1. The number of phenols is 1. The molecule has 0 bridgehead atoms. The smallest absolute Gasteiger partial charge is 0.255 e. The molecule has 1 fully saturated rings. The van der Waals surface area contributed by atoms with Crippen LogP contribution in [0.3, 0.4) is 0 Å². The second-order valence-corrected chi connectivity index (χ2v) is 10.7. The summed E-state index contributed by atoms with van der Waals surface area (Å²) in [6, 6.07) is 1.87. The van der Waals surface area contributed by atoms with Crippen LogP contribution >= 0.6 is 0 Å². The molecule has 1 aliphatic heterocycles. The van der Waals surface area contributed by atoms with Crippen LogP contribution in [0.15, 0.2) is 28.7 Å². The van der Waals surface area contributed by atoms with Crippen LogP contribution in [0.1, 0.15) is 28.8 Å². The summed E-state index contributed by atoms with van der Waals surface area (Å²) in [5.41, 5.74) is 3.69. The van der Waals surface area contributed by atoms with Gasteiger partial charge in [0.2, 0.25) is 5.78 Å². The molecule has 0 spiro atoms. The molecular weight excluding hydrogens is 480 g/mol. The number of ketones is 2. The van der Waals surface area contributed by atoms with Gasteiger partial charge < -0.3 is 40.9 Å². The van der Waals surface area contributed by atoms with Crippen molar-refractivity contribution in [3.63, 3.8) is 0 Å². The number of amides is 1. The van der Waals surface area contributed by atoms with Gasteiger partial charge in [0.15, 0.2) is 11.4 Å². The maximum Gasteiger partial charge on any atom is 0.255 e. The number of carbonyl (C=O) groups excluding carboxylic acids is 3. The molecule has 5 rings (SSSR count). The van der Waals surface area contributed by atoms with Crippen molar-refractivity contribution in [3.05, 3.63) is 39.9 Å². The molecule has 3 aliphatic carbocycles. The first kappa shape index (κ1) is 25.1. The molecule has 198 valence electrons. The minimum absolute atomic E-state index is 0.0387. The van der Waals surface area contributed by atoms with E-state index in [2.05, 4.69) is 4.90 Å². The van der Waals surface area contributed by atoms with Gasteiger partial charge in [0.1, 0.15) is 22.8 Å². The van der Waals surface area contributed by atoms with E-state index in [1.165, 1.54) is 0 Å². The lowest BCUT2D eigenvalue weighted by Gasteiger charge is -2.46. The highest BCUT2D eigenvalue weighted by Crippen LogP contribution is 2.53. The van der Waals surface area contributed by atoms with E-state index in [9.17, 15) is 34.8 Å². The van der Waals surface area contributed by atoms with Crippen molar-refractivity contribution in [2.75, 3.05) is 57.1 Å². The highest BCUT2D eigenvalue weighted by Gasteiger charge is 2.59. The van der Waals surface area contributed by atoms with Gasteiger partial charge in [0.25, 0.3) is 5.91 Å². The van der Waals surface area contributed by atoms with E-state index in [-0.39, 0.29) is 36.1 Å². The fourth-order valence-corrected chi connectivity index (χ4v) is 6.34. The van der Waals surface area contributed by atoms with Gasteiger partial charge in [-0.2, -0.15) is 0 Å². The Kier molecular flexibility index (Phi) is 5.76. The predicted molar refractivity (Wildman–Crippen MR) is 135 cm³/mol. The van der Waals surface area contributed by atoms with Gasteiger partial charge in [-0.1, -0.05) is 0 Å². The second kappa shape index (κ2) is 8.49. The van der Waals surface area contributed by atoms with Crippen LogP contribution < -0.4 is 15.5 Å². The van der Waals surface area contributed by atoms with Gasteiger partial charge in [-0.05, 0) is 37.4 Å². The maximum atomic E-state index is 13.9. The molecule has 37 heavy (non-hydrogen) atoms. The number of aliphatic hydroxyl groups is 3. The van der Waals surface area contributed by atoms with Crippen LogP contribution in [0, 0.1) is 11.8 Å². The first-order valence-corrected chi connectivity index (χ1v) is 12.3. The minimum atomic E-state index is -2.56. The molecule has 0 radical (unpaired) electrons. The lowest BCUT2D eigenvalue weighted by Crippen LogP contribution is -2.57. The van der Waals surface area contributed by atoms with E-state index < -0.39 is 52.0 Å². The Morgan fingerprint density at radius 2 is 1.76 bits per heavy atom. The minimum Gasteiger partial charge on any atom is -0.511 e. The van der Waals surface area contributed by atoms with Crippen molar-refractivity contribution in [1.82, 2.24) is 4.90 Å². The van der Waals surface area contributed by atoms with Crippen molar-refractivity contribution in [1.29, 1.82) is 0 Å². The molecule has 1 aromatic rings. The Labute approximate surface area is 214 Å². The van der Waals surface area contributed by atoms with Crippen LogP contribution in [-0.2, 0) is 16.0 Å². The monoisotopic (exact) mass is 512 g/mol. The normalized spacial score (nSPS) is 28.2. The molecular formula is C26H32N4O7. The third-order valence-corrected chi connectivity index (χ3v) is 8.34. The number of Topliss-reactive ketones (excluding diaryl/α,β-unsaturated/α-hetero) is 2. The lowest BCUT2D eigenvalue weighted by molar-refractivity contribution is -0.144. The number of primary amides is 1. The van der Waals surface area contributed by atoms with E-state index in [0.29, 0.717) is 24.3 Å². The number of carbonyl (C=O) groups is 3. The molecule has 4 aliphatic rings. The number of allylic oxidation sites excluding steroid dienone is 2. The van der Waals surface area contributed by atoms with Crippen molar-refractivity contribution in [2.24, 2.45) is 17.6 Å². The molecule has 1 heterocycles. The number of rotatable bonds is 3. The van der Waals surface area contributed by atoms with E-state index in [1.54, 1.807) is 0 Å². The van der Waals surface area contributed by atoms with Crippen molar-refractivity contribution < 1.29 is 34.8 Å². The number of fused-ring (bicyclic) bond motifs is 3. The maximum absolute atomic E-state index is 13.9. The summed E-state index contributed by atoms with van der Waals surface area (Å²) in [5, 5.41) is 44.4. The lowest BCUT2D eigenvalue weighted by atomic mass is 9.60. The number of benzene rings is 1. The number of likely N-dealkylation sites (N-methyl/N-ethyl adjacent to an activating group) is 1. The Morgan fingerprint density at radius 3 is 2.35 bits per heavy atom. The molecule has 11 heteroatoms. The third-order valence-electron chi connectivity index (χ3n) is 8.34. The van der Waals surface area contributed by atoms with Gasteiger partial charge in [0.05, 0.1) is 11.3 Å². The van der Waals surface area contributed by atoms with Crippen LogP contribution in [-0.4, -0.2) is 95.7 Å². The summed E-state index contributed by atoms with van der Waals surface area (Å²) >= 11 is 0. The Balaban J connectivity index is 1.67. The van der Waals surface area contributed by atoms with Gasteiger partial charge in [-0.25, -0.2) is 0 Å². The first-order valence-electron chi connectivity index (χ1n) is 12.3. The summed E-state index contributed by atoms with van der Waals surface area (Å²) in [4.78, 5) is 45.0. The average molecular weight is 513 g/mol. The van der Waals surface area contributed by atoms with Gasteiger partial charge in [0, 0.05) is 63.9 Å². The molecule has 6 N–H and O–H groups in total. The third kappa shape index (κ3) is 3.51. The molecule has 1 aromatic carbocycles. The molecule has 11 nitrogen and oxygen atoms in total. The number of hydrogen-bond acceptors (Lipinski definition) is 10. The molecule has 1 amide bonds. The SMILES string of the molecule is CN1CCN(c2cc(N(C)C)c3c(c2O)C(=O)C2=C(O)[C@]4(O)C(=O)C(C(N)=O)=C(O)C[C@@H]4C[C@@H]2C3)CC1. The zero-order valence-electron chi connectivity index (χ0n) is 21.1. The molecule has 3 atom stereocenters. The van der Waals surface area contributed by atoms with Gasteiger partial charge in [-0.15, -0.1) is 0 Å². The fourth-order valence-electron chi connectivity index (χ4n) is 6.34. The number of anilines is 2. The zero-order valence-corrected chi connectivity index (χ0v) is 21.1. The predicted octanol–water partition coefficient (Wildman–Crippen LogP) is 0.398. The summed E-state index contributed by atoms with van der Waals surface area (Å²) in [6.07, 6.45) is 0.138. The quantitative estimate of drug-likeness (QED) is 0.358. The van der Waals surface area contributed by atoms with E-state index in [4.69, 9.17) is 5.73 Å². The number of aliphatic hydroxyl groups excluding tert-OH is 2. The number of aromatic hydroxyl groups is 1. The standard InChI is InChI=1S/C26H32N4O7/c1-28(2)15-11-16(30-6-4-29(3)5-7-30)21(32)19-14(15)9-12-8-13-10-17(31)20(25(27)36)24(35)26(13,37)23(34)18(12)22(19)33/h11-13,31-32,34,37H,4-10H2,1-3H3,(H2,27,36)/t12-,13+,26+/m1/s1. The summed E-state index contributed by atoms with van der Waals surface area (Å²) in [5.74, 6) is -6.20. The van der Waals surface area contributed by atoms with E-state index >= 15 is 0 Å². The average Bonchev–Trinajstić information content (AvgIpc) is 2.82. The van der Waals surface area contributed by atoms with Crippen LogP contribution in [0.2, 0.25) is 0 Å². The Hall–Kier alpha value is -3.57. The molecule has 0 aromatic heterocycles. The number of hydrogen-bond donors (Lipinski definition) is 5. The first-order chi connectivity index (χ1) is 17.4. The van der Waals surface area contributed by atoms with Crippen LogP contribution in [0.25, 0.3) is 0 Å². The Morgan fingerprint density at radius 1 is 1.11 bits per heavy atom. The molecule has 0 saturated carbocycles. The topological polar surface area (TPSA) is 168 Å². The second-order valence-electron chi connectivity index (χ2n) is 10.7. The summed E-state index contributed by atoms with van der Waals surface area (Å²) in [6.45, 7) is 2.88. The fraction of sp³-hybridized carbons (Fsp3) is 0.500. The van der Waals surface area contributed by atoms with Crippen molar-refractivity contribution >= 4 is 28.8 Å². The zero-order chi connectivity index (χ0) is 27.0. The highest BCUT2D eigenvalue weighted by molar-refractivity contribution is 6.24. The number of phenolic OH excluding ortho intramolecular Hbond substituents is 1. The van der Waals surface area contributed by atoms with E-state index in [0.717, 1.165) is 18.8 Å². The van der Waals surface area contributed by atoms with Gasteiger partial charge in [-0.3, -0.25) is 14.4 Å². The number of nitrogens with zero attached hydrogens (tertiary/aromatic N) is 3. The largest absolute Gasteiger partial charge is 0.511 e. The number of piperazine rings is 1. The Bertz CT molecular complexity index is 1290. The van der Waals surface area contributed by atoms with Crippen molar-refractivity contribution in [3.8, 4) is 5.75 Å². The van der Waals surface area contributed by atoms with Gasteiger partial charge >= 0.3 is 0 Å². The van der Waals surface area contributed by atoms with Crippen molar-refractivity contribution in [2.45, 2.75) is 24.9 Å². The summed E-state index contributed by atoms with van der Waals surface area (Å²) < 4.78 is 0. The van der Waals surface area contributed by atoms with Crippen LogP contribution in [0.5, 0.6) is 5.75 Å².